The molecule has 0 bridgehead atoms. The van der Waals surface area contributed by atoms with Crippen LogP contribution in [0.25, 0.3) is 0 Å². The second-order valence-electron chi connectivity index (χ2n) is 6.82. The van der Waals surface area contributed by atoms with E-state index >= 15 is 0 Å². The van der Waals surface area contributed by atoms with E-state index in [1.165, 1.54) is 24.3 Å². The lowest BCUT2D eigenvalue weighted by Crippen LogP contribution is -2.47. The molecule has 1 unspecified atom stereocenters. The van der Waals surface area contributed by atoms with Crippen LogP contribution in [0.3, 0.4) is 0 Å². The number of carbonyl (C=O) groups excluding carboxylic acids is 3. The minimum absolute atomic E-state index is 0.0115. The van der Waals surface area contributed by atoms with Gasteiger partial charge in [0.05, 0.1) is 37.1 Å². The van der Waals surface area contributed by atoms with Gasteiger partial charge in [-0.25, -0.2) is 0 Å². The van der Waals surface area contributed by atoms with Crippen LogP contribution < -0.4 is 0 Å². The van der Waals surface area contributed by atoms with Gasteiger partial charge < -0.3 is 14.2 Å². The number of nitro groups is 2. The Morgan fingerprint density at radius 3 is 1.58 bits per heavy atom. The number of methoxy groups -OCH3 is 3. The molecule has 0 radical (unpaired) electrons. The Hall–Kier alpha value is -4.35. The van der Waals surface area contributed by atoms with Crippen LogP contribution in [0.2, 0.25) is 0 Å². The molecule has 0 fully saturated rings. The molecular weight excluding hydrogens is 440 g/mol. The molecule has 2 aromatic rings. The van der Waals surface area contributed by atoms with Gasteiger partial charge in [0.15, 0.2) is 5.41 Å². The lowest BCUT2D eigenvalue weighted by atomic mass is 9.72. The molecule has 1 atom stereocenters. The zero-order valence-corrected chi connectivity index (χ0v) is 17.9. The summed E-state index contributed by atoms with van der Waals surface area (Å²) in [4.78, 5) is 59.3. The van der Waals surface area contributed by atoms with Crippen molar-refractivity contribution >= 4 is 29.3 Å². The van der Waals surface area contributed by atoms with Crippen LogP contribution in [0.1, 0.15) is 23.5 Å². The molecule has 174 valence electrons. The lowest BCUT2D eigenvalue weighted by molar-refractivity contribution is -0.385. The molecule has 0 heterocycles. The van der Waals surface area contributed by atoms with Crippen molar-refractivity contribution in [2.75, 3.05) is 21.3 Å². The van der Waals surface area contributed by atoms with E-state index in [0.29, 0.717) is 0 Å². The number of carbonyl (C=O) groups is 3. The number of benzene rings is 2. The number of nitro benzene ring substituents is 2. The molecule has 12 heteroatoms. The van der Waals surface area contributed by atoms with E-state index in [1.807, 2.05) is 0 Å². The lowest BCUT2D eigenvalue weighted by Gasteiger charge is -2.31. The Bertz CT molecular complexity index is 1050. The van der Waals surface area contributed by atoms with Crippen molar-refractivity contribution in [1.82, 2.24) is 0 Å². The summed E-state index contributed by atoms with van der Waals surface area (Å²) in [6.07, 6.45) is -0.533. The number of hydrogen-bond donors (Lipinski definition) is 0. The Kier molecular flexibility index (Phi) is 7.78. The maximum Gasteiger partial charge on any atom is 0.327 e. The normalized spacial score (nSPS) is 11.7. The van der Waals surface area contributed by atoms with E-state index in [9.17, 15) is 34.6 Å². The number of ether oxygens (including phenoxy) is 3. The average Bonchev–Trinajstić information content (AvgIpc) is 2.83. The third kappa shape index (κ3) is 4.95. The highest BCUT2D eigenvalue weighted by Crippen LogP contribution is 2.39. The Labute approximate surface area is 187 Å². The van der Waals surface area contributed by atoms with Gasteiger partial charge in [-0.3, -0.25) is 34.6 Å². The van der Waals surface area contributed by atoms with E-state index in [1.54, 1.807) is 0 Å². The Morgan fingerprint density at radius 2 is 1.21 bits per heavy atom. The van der Waals surface area contributed by atoms with Gasteiger partial charge in [-0.1, -0.05) is 24.3 Å². The number of hydrogen-bond acceptors (Lipinski definition) is 10. The molecule has 0 aromatic heterocycles. The summed E-state index contributed by atoms with van der Waals surface area (Å²) < 4.78 is 14.6. The van der Waals surface area contributed by atoms with E-state index in [4.69, 9.17) is 14.2 Å². The van der Waals surface area contributed by atoms with Gasteiger partial charge in [-0.15, -0.1) is 0 Å². The summed E-state index contributed by atoms with van der Waals surface area (Å²) in [6, 6.07) is 9.49. The van der Waals surface area contributed by atoms with Gasteiger partial charge >= 0.3 is 17.9 Å². The highest BCUT2D eigenvalue weighted by Gasteiger charge is 2.53. The van der Waals surface area contributed by atoms with Crippen molar-refractivity contribution in [1.29, 1.82) is 0 Å². The van der Waals surface area contributed by atoms with Crippen LogP contribution in [-0.2, 0) is 34.0 Å². The van der Waals surface area contributed by atoms with Crippen LogP contribution in [0, 0.1) is 20.2 Å². The van der Waals surface area contributed by atoms with Crippen LogP contribution in [0.15, 0.2) is 48.5 Å². The first-order valence-corrected chi connectivity index (χ1v) is 9.36. The van der Waals surface area contributed by atoms with Gasteiger partial charge in [-0.05, 0) is 17.5 Å². The summed E-state index contributed by atoms with van der Waals surface area (Å²) in [5.41, 5.74) is -2.50. The minimum Gasteiger partial charge on any atom is -0.469 e. The highest BCUT2D eigenvalue weighted by atomic mass is 16.6. The van der Waals surface area contributed by atoms with Gasteiger partial charge in [0, 0.05) is 24.3 Å². The third-order valence-corrected chi connectivity index (χ3v) is 5.14. The molecule has 0 aliphatic carbocycles. The molecule has 0 saturated heterocycles. The van der Waals surface area contributed by atoms with Gasteiger partial charge in [-0.2, -0.15) is 0 Å². The van der Waals surface area contributed by atoms with E-state index in [2.05, 4.69) is 0 Å². The second kappa shape index (κ2) is 10.3. The van der Waals surface area contributed by atoms with Gasteiger partial charge in [0.2, 0.25) is 0 Å². The van der Waals surface area contributed by atoms with Crippen molar-refractivity contribution in [3.8, 4) is 0 Å². The third-order valence-electron chi connectivity index (χ3n) is 5.14. The standard InChI is InChI=1S/C21H20N2O10/c1-31-18(24)17(13-4-8-15(9-5-13)22(27)28)12-21(19(25)32-2,20(26)33-3)14-6-10-16(11-7-14)23(29)30/h4-11,17H,12H2,1-3H3. The maximum absolute atomic E-state index is 13.0. The number of esters is 3. The van der Waals surface area contributed by atoms with Crippen LogP contribution in [-0.4, -0.2) is 49.1 Å². The summed E-state index contributed by atoms with van der Waals surface area (Å²) in [5, 5.41) is 22.0. The SMILES string of the molecule is COC(=O)C(CC(C(=O)OC)(C(=O)OC)c1ccc([N+](=O)[O-])cc1)c1ccc([N+](=O)[O-])cc1. The first kappa shape index (κ1) is 24.9. The largest absolute Gasteiger partial charge is 0.469 e. The molecule has 2 rings (SSSR count). The van der Waals surface area contributed by atoms with Crippen molar-refractivity contribution < 1.29 is 38.4 Å². The fourth-order valence-electron chi connectivity index (χ4n) is 3.43. The van der Waals surface area contributed by atoms with Crippen LogP contribution in [0.4, 0.5) is 11.4 Å². The molecular formula is C21H20N2O10. The summed E-state index contributed by atoms with van der Waals surface area (Å²) in [5.74, 6) is -4.22. The van der Waals surface area contributed by atoms with Crippen molar-refractivity contribution in [2.24, 2.45) is 0 Å². The zero-order chi connectivity index (χ0) is 24.8. The first-order chi connectivity index (χ1) is 15.6. The smallest absolute Gasteiger partial charge is 0.327 e. The average molecular weight is 460 g/mol. The molecule has 0 saturated carbocycles. The maximum atomic E-state index is 13.0. The predicted molar refractivity (Wildman–Crippen MR) is 111 cm³/mol. The van der Waals surface area contributed by atoms with Crippen LogP contribution >= 0.6 is 0 Å². The minimum atomic E-state index is -2.20. The fourth-order valence-corrected chi connectivity index (χ4v) is 3.43. The second-order valence-corrected chi connectivity index (χ2v) is 6.82. The number of non-ortho nitro benzene ring substituents is 2. The first-order valence-electron chi connectivity index (χ1n) is 9.36. The van der Waals surface area contributed by atoms with Crippen LogP contribution in [0.5, 0.6) is 0 Å². The molecule has 12 nitrogen and oxygen atoms in total. The van der Waals surface area contributed by atoms with E-state index < -0.39 is 45.5 Å². The zero-order valence-electron chi connectivity index (χ0n) is 17.9. The van der Waals surface area contributed by atoms with Gasteiger partial charge in [0.1, 0.15) is 0 Å². The summed E-state index contributed by atoms with van der Waals surface area (Å²) in [7, 11) is 3.17. The molecule has 0 aliphatic rings. The quantitative estimate of drug-likeness (QED) is 0.178. The Morgan fingerprint density at radius 1 is 0.788 bits per heavy atom. The van der Waals surface area contributed by atoms with E-state index in [0.717, 1.165) is 45.6 Å². The molecule has 0 spiro atoms. The summed E-state index contributed by atoms with van der Waals surface area (Å²) >= 11 is 0. The van der Waals surface area contributed by atoms with E-state index in [-0.39, 0.29) is 22.5 Å². The highest BCUT2D eigenvalue weighted by molar-refractivity contribution is 6.07. The number of nitrogens with zero attached hydrogens (tertiary/aromatic N) is 2. The monoisotopic (exact) mass is 460 g/mol. The fraction of sp³-hybridized carbons (Fsp3) is 0.286. The molecule has 2 aromatic carbocycles. The van der Waals surface area contributed by atoms with Crippen molar-refractivity contribution in [3.05, 3.63) is 79.9 Å². The Balaban J connectivity index is 2.70. The van der Waals surface area contributed by atoms with Crippen molar-refractivity contribution in [3.63, 3.8) is 0 Å². The number of rotatable bonds is 9. The molecule has 0 aliphatic heterocycles. The van der Waals surface area contributed by atoms with Crippen molar-refractivity contribution in [2.45, 2.75) is 17.8 Å². The van der Waals surface area contributed by atoms with Gasteiger partial charge in [0.25, 0.3) is 11.4 Å². The summed E-state index contributed by atoms with van der Waals surface area (Å²) in [6.45, 7) is 0. The predicted octanol–water partition coefficient (Wildman–Crippen LogP) is 2.43. The molecule has 0 amide bonds. The molecule has 0 N–H and O–H groups in total. The topological polar surface area (TPSA) is 165 Å². The molecule has 33 heavy (non-hydrogen) atoms.